The summed E-state index contributed by atoms with van der Waals surface area (Å²) in [5.41, 5.74) is 0. The summed E-state index contributed by atoms with van der Waals surface area (Å²) in [4.78, 5) is 0. The Morgan fingerprint density at radius 3 is 3.06 bits per heavy atom. The van der Waals surface area contributed by atoms with E-state index in [0.29, 0.717) is 0 Å². The first-order valence-electron chi connectivity index (χ1n) is 6.95. The van der Waals surface area contributed by atoms with Gasteiger partial charge in [-0.3, -0.25) is 0 Å². The first-order chi connectivity index (χ1) is 7.93. The monoisotopic (exact) mass is 224 g/mol. The van der Waals surface area contributed by atoms with Gasteiger partial charge < -0.3 is 15.4 Å². The molecule has 3 aliphatic rings. The Kier molecular flexibility index (Phi) is 3.46. The topological polar surface area (TPSA) is 33.3 Å². The van der Waals surface area contributed by atoms with Crippen LogP contribution < -0.4 is 10.6 Å². The Morgan fingerprint density at radius 2 is 2.19 bits per heavy atom. The summed E-state index contributed by atoms with van der Waals surface area (Å²) in [7, 11) is 0. The third-order valence-electron chi connectivity index (χ3n) is 4.70. The lowest BCUT2D eigenvalue weighted by molar-refractivity contribution is 0.185. The standard InChI is InChI=1S/C13H24N2O/c1-2-11-7-15-13(12(11)3-1)8-14-6-10-4-5-16-9-10/h10-15H,1-9H2. The van der Waals surface area contributed by atoms with Crippen molar-refractivity contribution in [2.75, 3.05) is 32.8 Å². The van der Waals surface area contributed by atoms with Crippen molar-refractivity contribution in [2.24, 2.45) is 17.8 Å². The highest BCUT2D eigenvalue weighted by atomic mass is 16.5. The Bertz CT molecular complexity index is 228. The third kappa shape index (κ3) is 2.27. The fourth-order valence-electron chi connectivity index (χ4n) is 3.71. The van der Waals surface area contributed by atoms with Crippen molar-refractivity contribution in [2.45, 2.75) is 31.7 Å². The first kappa shape index (κ1) is 11.0. The minimum atomic E-state index is 0.745. The summed E-state index contributed by atoms with van der Waals surface area (Å²) < 4.78 is 5.39. The molecular formula is C13H24N2O. The molecule has 2 N–H and O–H groups in total. The maximum atomic E-state index is 5.39. The van der Waals surface area contributed by atoms with Gasteiger partial charge >= 0.3 is 0 Å². The predicted octanol–water partition coefficient (Wildman–Crippen LogP) is 1.00. The van der Waals surface area contributed by atoms with Gasteiger partial charge in [0, 0.05) is 25.7 Å². The predicted molar refractivity (Wildman–Crippen MR) is 64.4 cm³/mol. The van der Waals surface area contributed by atoms with Crippen LogP contribution in [0, 0.1) is 17.8 Å². The van der Waals surface area contributed by atoms with Crippen LogP contribution in [0.2, 0.25) is 0 Å². The van der Waals surface area contributed by atoms with Gasteiger partial charge in [0.25, 0.3) is 0 Å². The molecule has 4 atom stereocenters. The molecule has 0 spiro atoms. The second kappa shape index (κ2) is 5.03. The van der Waals surface area contributed by atoms with Crippen LogP contribution in [-0.4, -0.2) is 38.9 Å². The summed E-state index contributed by atoms with van der Waals surface area (Å²) >= 11 is 0. The number of hydrogen-bond acceptors (Lipinski definition) is 3. The molecule has 3 rings (SSSR count). The van der Waals surface area contributed by atoms with Gasteiger partial charge in [0.2, 0.25) is 0 Å². The molecule has 92 valence electrons. The number of ether oxygens (including phenoxy) is 1. The summed E-state index contributed by atoms with van der Waals surface area (Å²) in [6.45, 7) is 5.52. The average molecular weight is 224 g/mol. The van der Waals surface area contributed by atoms with E-state index in [2.05, 4.69) is 10.6 Å². The van der Waals surface area contributed by atoms with Gasteiger partial charge in [0.05, 0.1) is 6.61 Å². The van der Waals surface area contributed by atoms with E-state index in [1.54, 1.807) is 0 Å². The summed E-state index contributed by atoms with van der Waals surface area (Å²) in [5, 5.41) is 7.33. The minimum Gasteiger partial charge on any atom is -0.381 e. The Hall–Kier alpha value is -0.120. The Balaban J connectivity index is 1.38. The van der Waals surface area contributed by atoms with E-state index in [1.807, 2.05) is 0 Å². The normalized spacial score (nSPS) is 42.8. The van der Waals surface area contributed by atoms with E-state index < -0.39 is 0 Å². The average Bonchev–Trinajstić information content (AvgIpc) is 2.95. The molecule has 0 aromatic rings. The zero-order chi connectivity index (χ0) is 10.8. The highest BCUT2D eigenvalue weighted by Gasteiger charge is 2.38. The van der Waals surface area contributed by atoms with E-state index >= 15 is 0 Å². The van der Waals surface area contributed by atoms with Gasteiger partial charge in [0.15, 0.2) is 0 Å². The fourth-order valence-corrected chi connectivity index (χ4v) is 3.71. The van der Waals surface area contributed by atoms with Gasteiger partial charge in [-0.1, -0.05) is 6.42 Å². The second-order valence-electron chi connectivity index (χ2n) is 5.76. The number of rotatable bonds is 4. The number of fused-ring (bicyclic) bond motifs is 1. The van der Waals surface area contributed by atoms with E-state index in [1.165, 1.54) is 32.2 Å². The molecular weight excluding hydrogens is 200 g/mol. The highest BCUT2D eigenvalue weighted by Crippen LogP contribution is 2.37. The van der Waals surface area contributed by atoms with E-state index in [0.717, 1.165) is 50.1 Å². The van der Waals surface area contributed by atoms with Gasteiger partial charge in [0.1, 0.15) is 0 Å². The van der Waals surface area contributed by atoms with Crippen molar-refractivity contribution in [1.82, 2.24) is 10.6 Å². The molecule has 2 aliphatic heterocycles. The largest absolute Gasteiger partial charge is 0.381 e. The maximum absolute atomic E-state index is 5.39. The van der Waals surface area contributed by atoms with E-state index in [9.17, 15) is 0 Å². The van der Waals surface area contributed by atoms with Crippen LogP contribution in [0.25, 0.3) is 0 Å². The van der Waals surface area contributed by atoms with Crippen LogP contribution in [0.4, 0.5) is 0 Å². The van der Waals surface area contributed by atoms with Gasteiger partial charge in [-0.15, -0.1) is 0 Å². The molecule has 3 fully saturated rings. The molecule has 2 saturated heterocycles. The quantitative estimate of drug-likeness (QED) is 0.747. The second-order valence-corrected chi connectivity index (χ2v) is 5.76. The van der Waals surface area contributed by atoms with Crippen molar-refractivity contribution in [3.63, 3.8) is 0 Å². The molecule has 16 heavy (non-hydrogen) atoms. The van der Waals surface area contributed by atoms with Crippen molar-refractivity contribution in [3.8, 4) is 0 Å². The number of hydrogen-bond donors (Lipinski definition) is 2. The molecule has 1 aliphatic carbocycles. The Morgan fingerprint density at radius 1 is 1.19 bits per heavy atom. The molecule has 0 aromatic carbocycles. The SMILES string of the molecule is C1CC2CNC(CNCC3CCOC3)C2C1. The van der Waals surface area contributed by atoms with E-state index in [4.69, 9.17) is 4.74 Å². The number of nitrogens with one attached hydrogen (secondary N) is 2. The lowest BCUT2D eigenvalue weighted by Crippen LogP contribution is -2.39. The van der Waals surface area contributed by atoms with Gasteiger partial charge in [-0.2, -0.15) is 0 Å². The van der Waals surface area contributed by atoms with Crippen molar-refractivity contribution in [1.29, 1.82) is 0 Å². The minimum absolute atomic E-state index is 0.745. The van der Waals surface area contributed by atoms with Crippen LogP contribution in [0.1, 0.15) is 25.7 Å². The zero-order valence-corrected chi connectivity index (χ0v) is 10.1. The van der Waals surface area contributed by atoms with Crippen molar-refractivity contribution < 1.29 is 4.74 Å². The maximum Gasteiger partial charge on any atom is 0.0507 e. The molecule has 0 amide bonds. The molecule has 4 unspecified atom stereocenters. The van der Waals surface area contributed by atoms with E-state index in [-0.39, 0.29) is 0 Å². The van der Waals surface area contributed by atoms with Gasteiger partial charge in [-0.05, 0) is 43.6 Å². The molecule has 0 aromatic heterocycles. The van der Waals surface area contributed by atoms with Crippen LogP contribution >= 0.6 is 0 Å². The van der Waals surface area contributed by atoms with Crippen LogP contribution in [0.15, 0.2) is 0 Å². The molecule has 0 bridgehead atoms. The molecule has 2 heterocycles. The lowest BCUT2D eigenvalue weighted by atomic mass is 9.94. The van der Waals surface area contributed by atoms with Crippen LogP contribution in [0.3, 0.4) is 0 Å². The summed E-state index contributed by atoms with van der Waals surface area (Å²) in [6, 6.07) is 0.745. The summed E-state index contributed by atoms with van der Waals surface area (Å²) in [5.74, 6) is 2.72. The zero-order valence-electron chi connectivity index (χ0n) is 10.1. The van der Waals surface area contributed by atoms with Crippen LogP contribution in [0.5, 0.6) is 0 Å². The first-order valence-corrected chi connectivity index (χ1v) is 6.95. The van der Waals surface area contributed by atoms with Crippen molar-refractivity contribution >= 4 is 0 Å². The third-order valence-corrected chi connectivity index (χ3v) is 4.70. The van der Waals surface area contributed by atoms with Gasteiger partial charge in [-0.25, -0.2) is 0 Å². The van der Waals surface area contributed by atoms with Crippen molar-refractivity contribution in [3.05, 3.63) is 0 Å². The molecule has 3 heteroatoms. The van der Waals surface area contributed by atoms with Crippen LogP contribution in [-0.2, 0) is 4.74 Å². The lowest BCUT2D eigenvalue weighted by Gasteiger charge is -2.19. The Labute approximate surface area is 98.3 Å². The molecule has 0 radical (unpaired) electrons. The highest BCUT2D eigenvalue weighted by molar-refractivity contribution is 4.95. The molecule has 1 saturated carbocycles. The summed E-state index contributed by atoms with van der Waals surface area (Å²) in [6.07, 6.45) is 5.63. The molecule has 3 nitrogen and oxygen atoms in total. The smallest absolute Gasteiger partial charge is 0.0507 e. The fraction of sp³-hybridized carbons (Fsp3) is 1.00.